The zero-order chi connectivity index (χ0) is 18.4. The van der Waals surface area contributed by atoms with E-state index in [1.54, 1.807) is 7.11 Å². The summed E-state index contributed by atoms with van der Waals surface area (Å²) in [6.45, 7) is 7.15. The van der Waals surface area contributed by atoms with Gasteiger partial charge in [0.2, 0.25) is 0 Å². The van der Waals surface area contributed by atoms with Gasteiger partial charge < -0.3 is 24.4 Å². The van der Waals surface area contributed by atoms with Gasteiger partial charge >= 0.3 is 0 Å². The van der Waals surface area contributed by atoms with Crippen LogP contribution in [0.1, 0.15) is 5.56 Å². The molecule has 0 bridgehead atoms. The zero-order valence-electron chi connectivity index (χ0n) is 15.6. The largest absolute Gasteiger partial charge is 0.497 e. The quantitative estimate of drug-likeness (QED) is 0.780. The molecule has 140 valence electrons. The number of aliphatic hydroxyl groups is 1. The number of piperazine rings is 1. The maximum Gasteiger partial charge on any atom is 0.137 e. The highest BCUT2D eigenvalue weighted by atomic mass is 16.5. The minimum absolute atomic E-state index is 0.342. The smallest absolute Gasteiger partial charge is 0.137 e. The second kappa shape index (κ2) is 8.92. The van der Waals surface area contributed by atoms with Crippen LogP contribution in [-0.4, -0.2) is 57.7 Å². The number of ether oxygens (including phenoxy) is 2. The highest BCUT2D eigenvalue weighted by molar-refractivity contribution is 5.49. The Morgan fingerprint density at radius 2 is 1.62 bits per heavy atom. The van der Waals surface area contributed by atoms with Gasteiger partial charge in [-0.3, -0.25) is 0 Å². The summed E-state index contributed by atoms with van der Waals surface area (Å²) in [7, 11) is 1.69. The fourth-order valence-electron chi connectivity index (χ4n) is 3.30. The number of aliphatic hydroxyl groups excluding tert-OH is 1. The standard InChI is InChI=1S/C21H28N2O3/c1-17-3-7-21(8-4-17)26-16-19(24)15-22-11-13-23(14-12-22)18-5-9-20(25-2)10-6-18/h3-10,19,24H,11-16H2,1-2H3/p+1/t19-/m1/s1. The maximum atomic E-state index is 10.3. The molecule has 2 aromatic rings. The number of benzene rings is 2. The first-order chi connectivity index (χ1) is 12.6. The highest BCUT2D eigenvalue weighted by Crippen LogP contribution is 2.19. The molecule has 1 heterocycles. The number of anilines is 1. The second-order valence-corrected chi connectivity index (χ2v) is 6.92. The molecule has 2 N–H and O–H groups in total. The molecular weight excluding hydrogens is 328 g/mol. The van der Waals surface area contributed by atoms with Gasteiger partial charge in [-0.2, -0.15) is 0 Å². The molecule has 5 heteroatoms. The third kappa shape index (κ3) is 5.13. The minimum Gasteiger partial charge on any atom is -0.497 e. The molecule has 1 saturated heterocycles. The van der Waals surface area contributed by atoms with Crippen LogP contribution in [0.2, 0.25) is 0 Å². The normalized spacial score (nSPS) is 16.3. The summed E-state index contributed by atoms with van der Waals surface area (Å²) in [6.07, 6.45) is -0.446. The summed E-state index contributed by atoms with van der Waals surface area (Å²) in [5.74, 6) is 1.70. The lowest BCUT2D eigenvalue weighted by Gasteiger charge is -2.34. The summed E-state index contributed by atoms with van der Waals surface area (Å²) in [6, 6.07) is 16.1. The lowest BCUT2D eigenvalue weighted by atomic mass is 10.2. The SMILES string of the molecule is COc1ccc(N2CC[NH+](C[C@@H](O)COc3ccc(C)cc3)CC2)cc1. The van der Waals surface area contributed by atoms with Gasteiger partial charge in [0.15, 0.2) is 0 Å². The Bertz CT molecular complexity index is 665. The molecule has 0 aliphatic carbocycles. The minimum atomic E-state index is -0.446. The molecule has 0 saturated carbocycles. The van der Waals surface area contributed by atoms with Crippen molar-refractivity contribution in [1.29, 1.82) is 0 Å². The highest BCUT2D eigenvalue weighted by Gasteiger charge is 2.22. The molecule has 0 aromatic heterocycles. The van der Waals surface area contributed by atoms with E-state index in [0.29, 0.717) is 6.61 Å². The lowest BCUT2D eigenvalue weighted by molar-refractivity contribution is -0.903. The number of aryl methyl sites for hydroxylation is 1. The van der Waals surface area contributed by atoms with Crippen LogP contribution >= 0.6 is 0 Å². The maximum absolute atomic E-state index is 10.3. The van der Waals surface area contributed by atoms with E-state index in [9.17, 15) is 5.11 Å². The van der Waals surface area contributed by atoms with Crippen molar-refractivity contribution < 1.29 is 19.5 Å². The van der Waals surface area contributed by atoms with Crippen molar-refractivity contribution in [2.24, 2.45) is 0 Å². The van der Waals surface area contributed by atoms with Crippen molar-refractivity contribution in [1.82, 2.24) is 0 Å². The molecule has 3 rings (SSSR count). The summed E-state index contributed by atoms with van der Waals surface area (Å²) in [5.41, 5.74) is 2.44. The Kier molecular flexibility index (Phi) is 6.36. The van der Waals surface area contributed by atoms with Crippen LogP contribution in [0, 0.1) is 6.92 Å². The summed E-state index contributed by atoms with van der Waals surface area (Å²) in [5, 5.41) is 10.3. The number of quaternary nitrogens is 1. The summed E-state index contributed by atoms with van der Waals surface area (Å²) in [4.78, 5) is 3.81. The summed E-state index contributed by atoms with van der Waals surface area (Å²) < 4.78 is 10.9. The van der Waals surface area contributed by atoms with Gasteiger partial charge in [-0.1, -0.05) is 17.7 Å². The molecule has 1 aliphatic rings. The van der Waals surface area contributed by atoms with E-state index in [0.717, 1.165) is 44.2 Å². The van der Waals surface area contributed by atoms with Crippen LogP contribution in [0.3, 0.4) is 0 Å². The Morgan fingerprint density at radius 1 is 1.00 bits per heavy atom. The monoisotopic (exact) mass is 357 g/mol. The Morgan fingerprint density at radius 3 is 2.23 bits per heavy atom. The number of nitrogens with zero attached hydrogens (tertiary/aromatic N) is 1. The number of hydrogen-bond donors (Lipinski definition) is 2. The first-order valence-electron chi connectivity index (χ1n) is 9.24. The molecule has 26 heavy (non-hydrogen) atoms. The van der Waals surface area contributed by atoms with Crippen molar-refractivity contribution in [2.45, 2.75) is 13.0 Å². The van der Waals surface area contributed by atoms with Crippen molar-refractivity contribution in [3.05, 3.63) is 54.1 Å². The third-order valence-corrected chi connectivity index (χ3v) is 4.90. The van der Waals surface area contributed by atoms with Gasteiger partial charge in [0.25, 0.3) is 0 Å². The average Bonchev–Trinajstić information content (AvgIpc) is 2.68. The van der Waals surface area contributed by atoms with Crippen LogP contribution in [0.4, 0.5) is 5.69 Å². The Labute approximate surface area is 155 Å². The first kappa shape index (κ1) is 18.5. The average molecular weight is 357 g/mol. The number of rotatable bonds is 7. The fourth-order valence-corrected chi connectivity index (χ4v) is 3.30. The molecular formula is C21H29N2O3+. The molecule has 0 amide bonds. The number of nitrogens with one attached hydrogen (secondary N) is 1. The van der Waals surface area contributed by atoms with Crippen molar-refractivity contribution >= 4 is 5.69 Å². The number of hydrogen-bond acceptors (Lipinski definition) is 4. The first-order valence-corrected chi connectivity index (χ1v) is 9.24. The van der Waals surface area contributed by atoms with E-state index in [1.165, 1.54) is 16.2 Å². The van der Waals surface area contributed by atoms with Gasteiger partial charge in [-0.15, -0.1) is 0 Å². The fraction of sp³-hybridized carbons (Fsp3) is 0.429. The molecule has 1 atom stereocenters. The molecule has 1 aliphatic heterocycles. The van der Waals surface area contributed by atoms with Crippen LogP contribution in [0.5, 0.6) is 11.5 Å². The predicted molar refractivity (Wildman–Crippen MR) is 103 cm³/mol. The van der Waals surface area contributed by atoms with E-state index in [1.807, 2.05) is 43.3 Å². The van der Waals surface area contributed by atoms with Gasteiger partial charge in [-0.05, 0) is 43.3 Å². The predicted octanol–water partition coefficient (Wildman–Crippen LogP) is 1.15. The topological polar surface area (TPSA) is 46.4 Å². The van der Waals surface area contributed by atoms with Gasteiger partial charge in [0.1, 0.15) is 30.8 Å². The lowest BCUT2D eigenvalue weighted by Crippen LogP contribution is -3.16. The van der Waals surface area contributed by atoms with E-state index >= 15 is 0 Å². The molecule has 5 nitrogen and oxygen atoms in total. The van der Waals surface area contributed by atoms with Crippen molar-refractivity contribution in [3.8, 4) is 11.5 Å². The molecule has 2 aromatic carbocycles. The van der Waals surface area contributed by atoms with Crippen LogP contribution < -0.4 is 19.3 Å². The Balaban J connectivity index is 1.40. The molecule has 0 unspecified atom stereocenters. The van der Waals surface area contributed by atoms with Crippen molar-refractivity contribution in [3.63, 3.8) is 0 Å². The van der Waals surface area contributed by atoms with Crippen LogP contribution in [-0.2, 0) is 0 Å². The van der Waals surface area contributed by atoms with E-state index in [-0.39, 0.29) is 0 Å². The second-order valence-electron chi connectivity index (χ2n) is 6.92. The third-order valence-electron chi connectivity index (χ3n) is 4.90. The summed E-state index contributed by atoms with van der Waals surface area (Å²) >= 11 is 0. The van der Waals surface area contributed by atoms with Crippen molar-refractivity contribution in [2.75, 3.05) is 51.3 Å². The van der Waals surface area contributed by atoms with Gasteiger partial charge in [0.05, 0.1) is 33.3 Å². The van der Waals surface area contributed by atoms with E-state index < -0.39 is 6.10 Å². The number of methoxy groups -OCH3 is 1. The van der Waals surface area contributed by atoms with E-state index in [2.05, 4.69) is 17.0 Å². The zero-order valence-corrected chi connectivity index (χ0v) is 15.6. The van der Waals surface area contributed by atoms with E-state index in [4.69, 9.17) is 9.47 Å². The van der Waals surface area contributed by atoms with Gasteiger partial charge in [-0.25, -0.2) is 0 Å². The molecule has 1 fully saturated rings. The Hall–Kier alpha value is -2.24. The van der Waals surface area contributed by atoms with Gasteiger partial charge in [0, 0.05) is 5.69 Å². The van der Waals surface area contributed by atoms with Crippen LogP contribution in [0.25, 0.3) is 0 Å². The molecule has 0 spiro atoms. The van der Waals surface area contributed by atoms with Crippen LogP contribution in [0.15, 0.2) is 48.5 Å². The molecule has 0 radical (unpaired) electrons.